The number of nitrogens with one attached hydrogen (secondary N) is 1. The van der Waals surface area contributed by atoms with Crippen molar-refractivity contribution in [1.29, 1.82) is 0 Å². The van der Waals surface area contributed by atoms with E-state index >= 15 is 0 Å². The zero-order valence-corrected chi connectivity index (χ0v) is 18.9. The highest BCUT2D eigenvalue weighted by Crippen LogP contribution is 2.51. The Morgan fingerprint density at radius 1 is 1.03 bits per heavy atom. The number of carboxylic acids is 1. The molecular formula is C27H28N2O5. The number of benzene rings is 2. The van der Waals surface area contributed by atoms with Gasteiger partial charge in [-0.25, -0.2) is 9.59 Å². The fraction of sp³-hybridized carbons (Fsp3) is 0.444. The lowest BCUT2D eigenvalue weighted by Gasteiger charge is -2.39. The summed E-state index contributed by atoms with van der Waals surface area (Å²) in [5.74, 6) is -0.655. The molecule has 2 aromatic carbocycles. The number of aliphatic carboxylic acids is 1. The molecule has 1 atom stereocenters. The molecule has 2 amide bonds. The van der Waals surface area contributed by atoms with Gasteiger partial charge < -0.3 is 20.1 Å². The Labute approximate surface area is 198 Å². The minimum atomic E-state index is -1.09. The van der Waals surface area contributed by atoms with Crippen molar-refractivity contribution in [2.24, 2.45) is 11.8 Å². The monoisotopic (exact) mass is 460 g/mol. The van der Waals surface area contributed by atoms with E-state index in [1.54, 1.807) is 0 Å². The molecule has 4 fully saturated rings. The van der Waals surface area contributed by atoms with Gasteiger partial charge in [0.05, 0.1) is 0 Å². The van der Waals surface area contributed by atoms with E-state index in [1.807, 2.05) is 24.3 Å². The lowest BCUT2D eigenvalue weighted by atomic mass is 9.73. The summed E-state index contributed by atoms with van der Waals surface area (Å²) in [7, 11) is 0. The zero-order valence-electron chi connectivity index (χ0n) is 18.9. The van der Waals surface area contributed by atoms with Gasteiger partial charge in [-0.15, -0.1) is 0 Å². The summed E-state index contributed by atoms with van der Waals surface area (Å²) in [6, 6.07) is 15.5. The number of alkyl carbamates (subject to hydrolysis) is 1. The van der Waals surface area contributed by atoms with E-state index in [0.29, 0.717) is 31.7 Å². The van der Waals surface area contributed by atoms with E-state index in [1.165, 1.54) is 4.90 Å². The summed E-state index contributed by atoms with van der Waals surface area (Å²) in [5, 5.41) is 12.5. The molecule has 7 nitrogen and oxygen atoms in total. The molecular weight excluding hydrogens is 432 g/mol. The van der Waals surface area contributed by atoms with E-state index in [9.17, 15) is 19.5 Å². The smallest absolute Gasteiger partial charge is 0.407 e. The molecule has 176 valence electrons. The van der Waals surface area contributed by atoms with Gasteiger partial charge in [-0.2, -0.15) is 0 Å². The second-order valence-corrected chi connectivity index (χ2v) is 10.3. The summed E-state index contributed by atoms with van der Waals surface area (Å²) < 4.78 is 5.66. The largest absolute Gasteiger partial charge is 0.479 e. The van der Waals surface area contributed by atoms with E-state index in [4.69, 9.17) is 4.74 Å². The van der Waals surface area contributed by atoms with Crippen molar-refractivity contribution in [3.05, 3.63) is 59.7 Å². The summed E-state index contributed by atoms with van der Waals surface area (Å²) in [6.07, 6.45) is 2.98. The Bertz CT molecular complexity index is 1120. The first-order valence-electron chi connectivity index (χ1n) is 12.1. The van der Waals surface area contributed by atoms with Crippen molar-refractivity contribution in [2.75, 3.05) is 13.2 Å². The summed E-state index contributed by atoms with van der Waals surface area (Å²) in [4.78, 5) is 39.6. The lowest BCUT2D eigenvalue weighted by Crippen LogP contribution is -2.59. The highest BCUT2D eigenvalue weighted by molar-refractivity contribution is 5.93. The Balaban J connectivity index is 1.15. The van der Waals surface area contributed by atoms with Crippen LogP contribution in [-0.4, -0.2) is 52.7 Å². The van der Waals surface area contributed by atoms with Crippen molar-refractivity contribution in [3.8, 4) is 11.1 Å². The maximum absolute atomic E-state index is 13.4. The van der Waals surface area contributed by atoms with Gasteiger partial charge in [-0.05, 0) is 53.4 Å². The number of ether oxygens (including phenoxy) is 1. The van der Waals surface area contributed by atoms with Crippen LogP contribution in [-0.2, 0) is 14.3 Å². The number of carbonyl (C=O) groups is 3. The van der Waals surface area contributed by atoms with Crippen molar-refractivity contribution in [3.63, 3.8) is 0 Å². The molecule has 3 aliphatic carbocycles. The van der Waals surface area contributed by atoms with Crippen molar-refractivity contribution >= 4 is 18.0 Å². The van der Waals surface area contributed by atoms with E-state index in [-0.39, 0.29) is 24.3 Å². The molecule has 2 N–H and O–H groups in total. The summed E-state index contributed by atoms with van der Waals surface area (Å²) >= 11 is 0. The van der Waals surface area contributed by atoms with Crippen molar-refractivity contribution in [1.82, 2.24) is 10.2 Å². The van der Waals surface area contributed by atoms with Crippen LogP contribution in [0.4, 0.5) is 4.79 Å². The molecule has 2 saturated carbocycles. The molecule has 2 aromatic rings. The Hall–Kier alpha value is -3.35. The van der Waals surface area contributed by atoms with Gasteiger partial charge in [-0.3, -0.25) is 4.79 Å². The fourth-order valence-corrected chi connectivity index (χ4v) is 6.15. The maximum Gasteiger partial charge on any atom is 0.407 e. The molecule has 5 aliphatic rings. The van der Waals surface area contributed by atoms with Crippen molar-refractivity contribution < 1.29 is 24.2 Å². The molecule has 1 unspecified atom stereocenters. The summed E-state index contributed by atoms with van der Waals surface area (Å²) in [6.45, 7) is 0.633. The number of amides is 2. The van der Waals surface area contributed by atoms with Gasteiger partial charge >= 0.3 is 12.1 Å². The van der Waals surface area contributed by atoms with E-state index in [2.05, 4.69) is 29.6 Å². The molecule has 7 heteroatoms. The third-order valence-electron chi connectivity index (χ3n) is 8.07. The first-order chi connectivity index (χ1) is 16.5. The first-order valence-corrected chi connectivity index (χ1v) is 12.1. The van der Waals surface area contributed by atoms with Gasteiger partial charge in [0.25, 0.3) is 0 Å². The number of fused-ring (bicyclic) bond motifs is 4. The van der Waals surface area contributed by atoms with Gasteiger partial charge in [0.15, 0.2) is 0 Å². The third kappa shape index (κ3) is 3.37. The standard InChI is InChI=1S/C27H28N2O5/c30-24(29-14-17-12-27(29,13-17)25(31)32)23(11-16-9-10-16)28-26(33)34-15-22-20-7-3-1-5-18(20)19-6-2-4-8-21(19)22/h1-8,16-17,22-23H,9-15H2,(H,28,33)(H,31,32). The topological polar surface area (TPSA) is 95.9 Å². The van der Waals surface area contributed by atoms with Gasteiger partial charge in [-0.1, -0.05) is 61.4 Å². The van der Waals surface area contributed by atoms with Crippen LogP contribution in [0.1, 0.15) is 49.1 Å². The Morgan fingerprint density at radius 3 is 2.24 bits per heavy atom. The highest BCUT2D eigenvalue weighted by atomic mass is 16.5. The second-order valence-electron chi connectivity index (χ2n) is 10.3. The van der Waals surface area contributed by atoms with E-state index < -0.39 is 23.6 Å². The minimum absolute atomic E-state index is 0.0585. The molecule has 7 rings (SSSR count). The van der Waals surface area contributed by atoms with Crippen LogP contribution in [0.3, 0.4) is 0 Å². The number of hydrogen-bond acceptors (Lipinski definition) is 4. The van der Waals surface area contributed by atoms with Crippen molar-refractivity contribution in [2.45, 2.75) is 49.6 Å². The molecule has 2 bridgehead atoms. The van der Waals surface area contributed by atoms with Crippen LogP contribution in [0.5, 0.6) is 0 Å². The highest BCUT2D eigenvalue weighted by Gasteiger charge is 2.63. The molecule has 0 aromatic heterocycles. The lowest BCUT2D eigenvalue weighted by molar-refractivity contribution is -0.159. The average Bonchev–Trinajstić information content (AvgIpc) is 3.30. The van der Waals surface area contributed by atoms with Gasteiger partial charge in [0.1, 0.15) is 18.2 Å². The van der Waals surface area contributed by atoms with Crippen LogP contribution < -0.4 is 5.32 Å². The molecule has 2 heterocycles. The average molecular weight is 461 g/mol. The third-order valence-corrected chi connectivity index (χ3v) is 8.07. The predicted molar refractivity (Wildman–Crippen MR) is 124 cm³/mol. The number of carbonyl (C=O) groups excluding carboxylic acids is 2. The second kappa shape index (κ2) is 7.86. The number of rotatable bonds is 7. The van der Waals surface area contributed by atoms with E-state index in [0.717, 1.165) is 35.1 Å². The quantitative estimate of drug-likeness (QED) is 0.656. The number of carboxylic acid groups (broad SMARTS) is 1. The minimum Gasteiger partial charge on any atom is -0.479 e. The SMILES string of the molecule is O=C(NC(CC1CC1)C(=O)N1CC2CC1(C(=O)O)C2)OCC1c2ccccc2-c2ccccc21. The number of hydrogen-bond donors (Lipinski definition) is 2. The first kappa shape index (κ1) is 21.2. The normalized spacial score (nSPS) is 25.2. The van der Waals surface area contributed by atoms with Crippen LogP contribution in [0.2, 0.25) is 0 Å². The maximum atomic E-state index is 13.4. The molecule has 0 spiro atoms. The Morgan fingerprint density at radius 2 is 1.65 bits per heavy atom. The predicted octanol–water partition coefficient (Wildman–Crippen LogP) is 3.77. The zero-order chi connectivity index (χ0) is 23.4. The summed E-state index contributed by atoms with van der Waals surface area (Å²) in [5.41, 5.74) is 3.47. The van der Waals surface area contributed by atoms with Crippen LogP contribution in [0.25, 0.3) is 11.1 Å². The van der Waals surface area contributed by atoms with Gasteiger partial charge in [0, 0.05) is 12.5 Å². The molecule has 2 saturated heterocycles. The van der Waals surface area contributed by atoms with Crippen LogP contribution in [0.15, 0.2) is 48.5 Å². The van der Waals surface area contributed by atoms with Gasteiger partial charge in [0.2, 0.25) is 5.91 Å². The fourth-order valence-electron chi connectivity index (χ4n) is 6.15. The molecule has 34 heavy (non-hydrogen) atoms. The Kier molecular flexibility index (Phi) is 4.90. The molecule has 0 radical (unpaired) electrons. The number of nitrogens with zero attached hydrogens (tertiary/aromatic N) is 1. The van der Waals surface area contributed by atoms with Crippen LogP contribution >= 0.6 is 0 Å². The molecule has 2 aliphatic heterocycles. The van der Waals surface area contributed by atoms with Crippen LogP contribution in [0, 0.1) is 11.8 Å².